The van der Waals surface area contributed by atoms with Crippen LogP contribution in [0, 0.1) is 17.7 Å². The van der Waals surface area contributed by atoms with E-state index < -0.39 is 0 Å². The van der Waals surface area contributed by atoms with Crippen LogP contribution in [0.2, 0.25) is 0 Å². The Balaban J connectivity index is 3.02. The van der Waals surface area contributed by atoms with Crippen molar-refractivity contribution >= 4 is 0 Å². The van der Waals surface area contributed by atoms with Gasteiger partial charge >= 0.3 is 0 Å². The molecule has 0 aliphatic heterocycles. The molecule has 2 atom stereocenters. The molecular weight excluding hydrogens is 243 g/mol. The van der Waals surface area contributed by atoms with Gasteiger partial charge in [0.15, 0.2) is 11.6 Å². The minimum atomic E-state index is -0.320. The van der Waals surface area contributed by atoms with E-state index in [0.717, 1.165) is 5.56 Å². The molecule has 108 valence electrons. The monoisotopic (exact) mass is 268 g/mol. The predicted octanol–water partition coefficient (Wildman–Crippen LogP) is 2.72. The number of nitrogens with two attached hydrogens (primary N) is 1. The third-order valence-corrected chi connectivity index (χ3v) is 3.48. The van der Waals surface area contributed by atoms with Crippen LogP contribution in [0.5, 0.6) is 5.75 Å². The molecule has 1 rings (SSSR count). The number of ether oxygens (including phenoxy) is 1. The summed E-state index contributed by atoms with van der Waals surface area (Å²) >= 11 is 0. The summed E-state index contributed by atoms with van der Waals surface area (Å²) in [5.74, 6) is 0.675. The summed E-state index contributed by atoms with van der Waals surface area (Å²) < 4.78 is 19.1. The molecule has 0 radical (unpaired) electrons. The fourth-order valence-electron chi connectivity index (χ4n) is 2.40. The second-order valence-electron chi connectivity index (χ2n) is 5.03. The fraction of sp³-hybridized carbons (Fsp3) is 0.600. The van der Waals surface area contributed by atoms with E-state index in [2.05, 4.69) is 19.2 Å². The van der Waals surface area contributed by atoms with Crippen molar-refractivity contribution in [2.75, 3.05) is 20.2 Å². The van der Waals surface area contributed by atoms with Gasteiger partial charge in [-0.2, -0.15) is 0 Å². The Kier molecular flexibility index (Phi) is 6.25. The molecule has 0 aromatic heterocycles. The van der Waals surface area contributed by atoms with Crippen molar-refractivity contribution in [3.63, 3.8) is 0 Å². The average Bonchev–Trinajstić information content (AvgIpc) is 2.38. The van der Waals surface area contributed by atoms with Crippen molar-refractivity contribution in [3.05, 3.63) is 29.6 Å². The van der Waals surface area contributed by atoms with E-state index in [4.69, 9.17) is 10.5 Å². The van der Waals surface area contributed by atoms with Crippen LogP contribution < -0.4 is 15.8 Å². The molecule has 0 spiro atoms. The number of nitrogens with one attached hydrogen (secondary N) is 1. The summed E-state index contributed by atoms with van der Waals surface area (Å²) in [6.07, 6.45) is 0. The maximum Gasteiger partial charge on any atom is 0.165 e. The Morgan fingerprint density at radius 2 is 2.05 bits per heavy atom. The lowest BCUT2D eigenvalue weighted by atomic mass is 9.84. The molecule has 3 nitrogen and oxygen atoms in total. The maximum absolute atomic E-state index is 13.9. The van der Waals surface area contributed by atoms with Crippen LogP contribution in [0.4, 0.5) is 4.39 Å². The van der Waals surface area contributed by atoms with Gasteiger partial charge in [0.05, 0.1) is 6.61 Å². The zero-order valence-electron chi connectivity index (χ0n) is 12.2. The molecule has 19 heavy (non-hydrogen) atoms. The number of benzene rings is 1. The Labute approximate surface area is 115 Å². The lowest BCUT2D eigenvalue weighted by Gasteiger charge is -2.29. The zero-order chi connectivity index (χ0) is 14.4. The van der Waals surface area contributed by atoms with Crippen LogP contribution in [0.25, 0.3) is 0 Å². The van der Waals surface area contributed by atoms with E-state index in [1.165, 1.54) is 6.07 Å². The lowest BCUT2D eigenvalue weighted by molar-refractivity contribution is 0.296. The third-order valence-electron chi connectivity index (χ3n) is 3.48. The van der Waals surface area contributed by atoms with Crippen LogP contribution in [0.1, 0.15) is 32.4 Å². The Morgan fingerprint density at radius 3 is 2.47 bits per heavy atom. The summed E-state index contributed by atoms with van der Waals surface area (Å²) in [5.41, 5.74) is 6.75. The van der Waals surface area contributed by atoms with Crippen LogP contribution in [-0.2, 0) is 0 Å². The summed E-state index contributed by atoms with van der Waals surface area (Å²) in [7, 11) is 1.88. The predicted molar refractivity (Wildman–Crippen MR) is 76.8 cm³/mol. The van der Waals surface area contributed by atoms with Gasteiger partial charge in [-0.3, -0.25) is 0 Å². The number of rotatable bonds is 7. The minimum Gasteiger partial charge on any atom is -0.491 e. The smallest absolute Gasteiger partial charge is 0.165 e. The van der Waals surface area contributed by atoms with Gasteiger partial charge in [0, 0.05) is 6.04 Å². The molecule has 0 aliphatic carbocycles. The normalized spacial score (nSPS) is 14.5. The summed E-state index contributed by atoms with van der Waals surface area (Å²) in [5, 5.41) is 3.24. The largest absolute Gasteiger partial charge is 0.491 e. The maximum atomic E-state index is 13.9. The van der Waals surface area contributed by atoms with Gasteiger partial charge in [-0.15, -0.1) is 0 Å². The van der Waals surface area contributed by atoms with Gasteiger partial charge in [-0.25, -0.2) is 4.39 Å². The molecule has 0 fully saturated rings. The van der Waals surface area contributed by atoms with Crippen molar-refractivity contribution in [1.29, 1.82) is 0 Å². The minimum absolute atomic E-state index is 0.0511. The molecule has 1 aromatic carbocycles. The highest BCUT2D eigenvalue weighted by molar-refractivity contribution is 5.31. The van der Waals surface area contributed by atoms with Gasteiger partial charge in [-0.1, -0.05) is 19.9 Å². The average molecular weight is 268 g/mol. The zero-order valence-corrected chi connectivity index (χ0v) is 12.2. The van der Waals surface area contributed by atoms with Gasteiger partial charge < -0.3 is 15.8 Å². The van der Waals surface area contributed by atoms with Crippen molar-refractivity contribution in [2.24, 2.45) is 17.6 Å². The number of halogens is 1. The quantitative estimate of drug-likeness (QED) is 0.799. The van der Waals surface area contributed by atoms with E-state index in [-0.39, 0.29) is 17.8 Å². The second-order valence-corrected chi connectivity index (χ2v) is 5.03. The first-order chi connectivity index (χ1) is 9.04. The fourth-order valence-corrected chi connectivity index (χ4v) is 2.40. The van der Waals surface area contributed by atoms with Crippen LogP contribution in [0.15, 0.2) is 18.2 Å². The second kappa shape index (κ2) is 7.46. The van der Waals surface area contributed by atoms with Crippen LogP contribution >= 0.6 is 0 Å². The van der Waals surface area contributed by atoms with E-state index >= 15 is 0 Å². The topological polar surface area (TPSA) is 47.3 Å². The molecule has 0 amide bonds. The highest BCUT2D eigenvalue weighted by atomic mass is 19.1. The first-order valence-corrected chi connectivity index (χ1v) is 6.84. The van der Waals surface area contributed by atoms with Gasteiger partial charge in [0.25, 0.3) is 0 Å². The lowest BCUT2D eigenvalue weighted by Crippen LogP contribution is -2.34. The Hall–Kier alpha value is -1.13. The molecule has 0 saturated heterocycles. The van der Waals surface area contributed by atoms with Gasteiger partial charge in [-0.05, 0) is 50.0 Å². The number of hydrogen-bond donors (Lipinski definition) is 2. The molecule has 0 heterocycles. The molecule has 0 saturated carbocycles. The van der Waals surface area contributed by atoms with Crippen LogP contribution in [-0.4, -0.2) is 20.2 Å². The molecular formula is C15H25FN2O. The highest BCUT2D eigenvalue weighted by Crippen LogP contribution is 2.29. The summed E-state index contributed by atoms with van der Waals surface area (Å²) in [4.78, 5) is 0. The van der Waals surface area contributed by atoms with E-state index in [0.29, 0.717) is 24.8 Å². The summed E-state index contributed by atoms with van der Waals surface area (Å²) in [6.45, 7) is 7.13. The van der Waals surface area contributed by atoms with Crippen molar-refractivity contribution < 1.29 is 9.13 Å². The first kappa shape index (κ1) is 15.9. The summed E-state index contributed by atoms with van der Waals surface area (Å²) in [6, 6.07) is 5.18. The van der Waals surface area contributed by atoms with Crippen LogP contribution in [0.3, 0.4) is 0 Å². The third kappa shape index (κ3) is 3.91. The molecule has 1 aromatic rings. The van der Waals surface area contributed by atoms with Gasteiger partial charge in [0.2, 0.25) is 0 Å². The van der Waals surface area contributed by atoms with Crippen molar-refractivity contribution in [1.82, 2.24) is 5.32 Å². The van der Waals surface area contributed by atoms with Crippen molar-refractivity contribution in [2.45, 2.75) is 26.8 Å². The molecule has 2 unspecified atom stereocenters. The Morgan fingerprint density at radius 1 is 1.37 bits per heavy atom. The molecule has 3 N–H and O–H groups in total. The SMILES string of the molecule is CCOc1ccc(C(NC)C(CN)C(C)C)cc1F. The van der Waals surface area contributed by atoms with E-state index in [1.54, 1.807) is 6.07 Å². The first-order valence-electron chi connectivity index (χ1n) is 6.84. The highest BCUT2D eigenvalue weighted by Gasteiger charge is 2.24. The van der Waals surface area contributed by atoms with E-state index in [1.807, 2.05) is 20.0 Å². The Bertz CT molecular complexity index is 396. The standard InChI is InChI=1S/C15H25FN2O/c1-5-19-14-7-6-11(8-13(14)16)15(18-4)12(9-17)10(2)3/h6-8,10,12,15,18H,5,9,17H2,1-4H3. The molecule has 0 aliphatic rings. The molecule has 0 bridgehead atoms. The molecule has 4 heteroatoms. The van der Waals surface area contributed by atoms with Crippen molar-refractivity contribution in [3.8, 4) is 5.75 Å². The number of hydrogen-bond acceptors (Lipinski definition) is 3. The van der Waals surface area contributed by atoms with Gasteiger partial charge in [0.1, 0.15) is 0 Å². The van der Waals surface area contributed by atoms with E-state index in [9.17, 15) is 4.39 Å².